The first kappa shape index (κ1) is 17.0. The standard InChI is InChI=1S/C19H25N3O4/c1-20-10-11-25-16-12-14(4-5-15(16)20)17(23)22-8-3-6-19(7-9-22)13-21(2)18(24)26-19/h4-5,12H,3,6-11,13H2,1-2H3/t19-/m1/s1. The second-order valence-electron chi connectivity index (χ2n) is 7.51. The van der Waals surface area contributed by atoms with Crippen LogP contribution in [0.3, 0.4) is 0 Å². The highest BCUT2D eigenvalue weighted by atomic mass is 16.6. The van der Waals surface area contributed by atoms with E-state index in [9.17, 15) is 9.59 Å². The fraction of sp³-hybridized carbons (Fsp3) is 0.579. The number of anilines is 1. The Bertz CT molecular complexity index is 737. The lowest BCUT2D eigenvalue weighted by Gasteiger charge is -2.28. The van der Waals surface area contributed by atoms with Crippen LogP contribution in [-0.4, -0.2) is 74.3 Å². The Kier molecular flexibility index (Phi) is 4.17. The Labute approximate surface area is 153 Å². The van der Waals surface area contributed by atoms with Crippen LogP contribution in [0.15, 0.2) is 18.2 Å². The van der Waals surface area contributed by atoms with Gasteiger partial charge < -0.3 is 24.2 Å². The Morgan fingerprint density at radius 3 is 2.73 bits per heavy atom. The molecule has 7 nitrogen and oxygen atoms in total. The first-order chi connectivity index (χ1) is 12.5. The van der Waals surface area contributed by atoms with Crippen LogP contribution in [0.1, 0.15) is 29.6 Å². The zero-order chi connectivity index (χ0) is 18.3. The van der Waals surface area contributed by atoms with Gasteiger partial charge in [0.15, 0.2) is 0 Å². The van der Waals surface area contributed by atoms with Crippen molar-refractivity contribution in [3.63, 3.8) is 0 Å². The smallest absolute Gasteiger partial charge is 0.410 e. The Hall–Kier alpha value is -2.44. The molecular weight excluding hydrogens is 334 g/mol. The maximum absolute atomic E-state index is 13.0. The zero-order valence-electron chi connectivity index (χ0n) is 15.4. The summed E-state index contributed by atoms with van der Waals surface area (Å²) in [6.45, 7) is 3.36. The van der Waals surface area contributed by atoms with Gasteiger partial charge in [0.25, 0.3) is 5.91 Å². The van der Waals surface area contributed by atoms with Gasteiger partial charge in [0.1, 0.15) is 18.0 Å². The fourth-order valence-electron chi connectivity index (χ4n) is 4.10. The number of carbonyl (C=O) groups is 2. The molecular formula is C19H25N3O4. The van der Waals surface area contributed by atoms with Gasteiger partial charge in [0, 0.05) is 39.2 Å². The van der Waals surface area contributed by atoms with Crippen LogP contribution in [0.5, 0.6) is 5.75 Å². The lowest BCUT2D eigenvalue weighted by Crippen LogP contribution is -2.37. The number of rotatable bonds is 1. The van der Waals surface area contributed by atoms with E-state index in [0.717, 1.165) is 30.8 Å². The maximum Gasteiger partial charge on any atom is 0.410 e. The minimum Gasteiger partial charge on any atom is -0.490 e. The topological polar surface area (TPSA) is 62.3 Å². The summed E-state index contributed by atoms with van der Waals surface area (Å²) in [7, 11) is 3.78. The fourth-order valence-corrected chi connectivity index (χ4v) is 4.10. The van der Waals surface area contributed by atoms with Crippen LogP contribution in [0, 0.1) is 0 Å². The van der Waals surface area contributed by atoms with Gasteiger partial charge in [-0.15, -0.1) is 0 Å². The van der Waals surface area contributed by atoms with Crippen molar-refractivity contribution in [1.29, 1.82) is 0 Å². The highest BCUT2D eigenvalue weighted by molar-refractivity contribution is 5.95. The zero-order valence-corrected chi connectivity index (χ0v) is 15.4. The lowest BCUT2D eigenvalue weighted by atomic mass is 9.95. The second-order valence-corrected chi connectivity index (χ2v) is 7.51. The van der Waals surface area contributed by atoms with Gasteiger partial charge in [-0.2, -0.15) is 0 Å². The van der Waals surface area contributed by atoms with E-state index in [1.807, 2.05) is 30.1 Å². The van der Waals surface area contributed by atoms with Gasteiger partial charge in [-0.1, -0.05) is 0 Å². The van der Waals surface area contributed by atoms with Crippen molar-refractivity contribution in [2.45, 2.75) is 24.9 Å². The summed E-state index contributed by atoms with van der Waals surface area (Å²) in [5, 5.41) is 0. The first-order valence-corrected chi connectivity index (χ1v) is 9.19. The van der Waals surface area contributed by atoms with Gasteiger partial charge in [-0.25, -0.2) is 4.79 Å². The number of fused-ring (bicyclic) bond motifs is 1. The molecule has 0 radical (unpaired) electrons. The SMILES string of the molecule is CN1C[C@]2(CCCN(C(=O)c3ccc4c(c3)OCCN4C)CC2)OC1=O. The summed E-state index contributed by atoms with van der Waals surface area (Å²) in [6.07, 6.45) is 2.04. The van der Waals surface area contributed by atoms with E-state index in [4.69, 9.17) is 9.47 Å². The quantitative estimate of drug-likeness (QED) is 0.767. The van der Waals surface area contributed by atoms with E-state index in [-0.39, 0.29) is 12.0 Å². The molecule has 3 aliphatic rings. The molecule has 0 N–H and O–H groups in total. The van der Waals surface area contributed by atoms with Crippen LogP contribution in [-0.2, 0) is 4.74 Å². The third-order valence-electron chi connectivity index (χ3n) is 5.63. The molecule has 7 heteroatoms. The van der Waals surface area contributed by atoms with Gasteiger partial charge >= 0.3 is 6.09 Å². The number of hydrogen-bond donors (Lipinski definition) is 0. The number of likely N-dealkylation sites (tertiary alicyclic amines) is 1. The van der Waals surface area contributed by atoms with Crippen molar-refractivity contribution in [3.8, 4) is 5.75 Å². The molecule has 0 aromatic heterocycles. The van der Waals surface area contributed by atoms with Crippen molar-refractivity contribution in [2.75, 3.05) is 51.8 Å². The number of benzene rings is 1. The van der Waals surface area contributed by atoms with Crippen molar-refractivity contribution >= 4 is 17.7 Å². The molecule has 26 heavy (non-hydrogen) atoms. The third kappa shape index (κ3) is 2.95. The molecule has 3 aliphatic heterocycles. The summed E-state index contributed by atoms with van der Waals surface area (Å²) in [5.41, 5.74) is 1.22. The predicted octanol–water partition coefficient (Wildman–Crippen LogP) is 1.96. The highest BCUT2D eigenvalue weighted by Crippen LogP contribution is 2.34. The molecule has 4 rings (SSSR count). The number of likely N-dealkylation sites (N-methyl/N-ethyl adjacent to an activating group) is 2. The molecule has 2 saturated heterocycles. The van der Waals surface area contributed by atoms with Gasteiger partial charge in [-0.3, -0.25) is 4.79 Å². The van der Waals surface area contributed by atoms with Crippen molar-refractivity contribution in [3.05, 3.63) is 23.8 Å². The van der Waals surface area contributed by atoms with Crippen LogP contribution in [0.4, 0.5) is 10.5 Å². The summed E-state index contributed by atoms with van der Waals surface area (Å²) in [5.74, 6) is 0.779. The van der Waals surface area contributed by atoms with Gasteiger partial charge in [-0.05, 0) is 31.0 Å². The summed E-state index contributed by atoms with van der Waals surface area (Å²) in [6, 6.07) is 5.67. The van der Waals surface area contributed by atoms with Crippen molar-refractivity contribution in [2.24, 2.45) is 0 Å². The van der Waals surface area contributed by atoms with E-state index in [1.165, 1.54) is 0 Å². The molecule has 3 heterocycles. The van der Waals surface area contributed by atoms with Gasteiger partial charge in [0.05, 0.1) is 18.8 Å². The molecule has 2 fully saturated rings. The van der Waals surface area contributed by atoms with E-state index in [2.05, 4.69) is 4.90 Å². The Morgan fingerprint density at radius 2 is 1.96 bits per heavy atom. The van der Waals surface area contributed by atoms with E-state index < -0.39 is 5.60 Å². The first-order valence-electron chi connectivity index (χ1n) is 9.19. The average molecular weight is 359 g/mol. The number of nitrogens with zero attached hydrogens (tertiary/aromatic N) is 3. The van der Waals surface area contributed by atoms with E-state index in [0.29, 0.717) is 38.2 Å². The number of ether oxygens (including phenoxy) is 2. The summed E-state index contributed by atoms with van der Waals surface area (Å²) >= 11 is 0. The van der Waals surface area contributed by atoms with Crippen LogP contribution >= 0.6 is 0 Å². The molecule has 0 saturated carbocycles. The molecule has 1 spiro atoms. The molecule has 0 bridgehead atoms. The normalized spacial score (nSPS) is 25.6. The minimum absolute atomic E-state index is 0.0133. The Balaban J connectivity index is 1.48. The maximum atomic E-state index is 13.0. The molecule has 1 aromatic carbocycles. The molecule has 1 aromatic rings. The lowest BCUT2D eigenvalue weighted by molar-refractivity contribution is 0.0438. The van der Waals surface area contributed by atoms with Crippen molar-refractivity contribution < 1.29 is 19.1 Å². The van der Waals surface area contributed by atoms with E-state index >= 15 is 0 Å². The van der Waals surface area contributed by atoms with Crippen molar-refractivity contribution in [1.82, 2.24) is 9.80 Å². The monoisotopic (exact) mass is 359 g/mol. The average Bonchev–Trinajstić information content (AvgIpc) is 2.79. The second kappa shape index (κ2) is 6.37. The third-order valence-corrected chi connectivity index (χ3v) is 5.63. The number of amides is 2. The highest BCUT2D eigenvalue weighted by Gasteiger charge is 2.44. The van der Waals surface area contributed by atoms with Crippen LogP contribution < -0.4 is 9.64 Å². The molecule has 2 amide bonds. The minimum atomic E-state index is -0.442. The van der Waals surface area contributed by atoms with Gasteiger partial charge in [0.2, 0.25) is 0 Å². The number of hydrogen-bond acceptors (Lipinski definition) is 5. The van der Waals surface area contributed by atoms with Crippen LogP contribution in [0.2, 0.25) is 0 Å². The van der Waals surface area contributed by atoms with Crippen LogP contribution in [0.25, 0.3) is 0 Å². The molecule has 1 atom stereocenters. The Morgan fingerprint density at radius 1 is 1.12 bits per heavy atom. The van der Waals surface area contributed by atoms with E-state index in [1.54, 1.807) is 11.9 Å². The number of carbonyl (C=O) groups excluding carboxylic acids is 2. The summed E-state index contributed by atoms with van der Waals surface area (Å²) in [4.78, 5) is 30.4. The summed E-state index contributed by atoms with van der Waals surface area (Å²) < 4.78 is 11.3. The molecule has 0 aliphatic carbocycles. The predicted molar refractivity (Wildman–Crippen MR) is 96.8 cm³/mol. The molecule has 0 unspecified atom stereocenters. The molecule has 140 valence electrons. The largest absolute Gasteiger partial charge is 0.490 e.